The number of tetrazole rings is 1. The van der Waals surface area contributed by atoms with Crippen molar-refractivity contribution < 1.29 is 5.11 Å². The monoisotopic (exact) mass is 287 g/mol. The van der Waals surface area contributed by atoms with E-state index in [4.69, 9.17) is 5.26 Å². The van der Waals surface area contributed by atoms with Gasteiger partial charge in [-0.3, -0.25) is 0 Å². The number of rotatable bonds is 4. The minimum absolute atomic E-state index is 0.390. The van der Waals surface area contributed by atoms with Gasteiger partial charge in [0.1, 0.15) is 0 Å². The molecule has 102 valence electrons. The first-order valence-electron chi connectivity index (χ1n) is 6.37. The SMILES string of the molecule is CC(O)c1ccc(C#N)cc1Sc1nnnn1C1CC1. The zero-order valence-corrected chi connectivity index (χ0v) is 11.7. The molecule has 6 nitrogen and oxygen atoms in total. The average molecular weight is 287 g/mol. The van der Waals surface area contributed by atoms with E-state index in [-0.39, 0.29) is 0 Å². The summed E-state index contributed by atoms with van der Waals surface area (Å²) in [7, 11) is 0. The highest BCUT2D eigenvalue weighted by molar-refractivity contribution is 7.99. The van der Waals surface area contributed by atoms with Crippen LogP contribution in [0.15, 0.2) is 28.3 Å². The van der Waals surface area contributed by atoms with E-state index < -0.39 is 6.10 Å². The van der Waals surface area contributed by atoms with Crippen molar-refractivity contribution in [3.8, 4) is 6.07 Å². The molecule has 1 heterocycles. The number of hydrogen-bond donors (Lipinski definition) is 1. The summed E-state index contributed by atoms with van der Waals surface area (Å²) in [5.74, 6) is 0. The van der Waals surface area contributed by atoms with Gasteiger partial charge in [-0.25, -0.2) is 4.68 Å². The number of nitrogens with zero attached hydrogens (tertiary/aromatic N) is 5. The fraction of sp³-hybridized carbons (Fsp3) is 0.385. The van der Waals surface area contributed by atoms with Crippen molar-refractivity contribution >= 4 is 11.8 Å². The van der Waals surface area contributed by atoms with Crippen molar-refractivity contribution in [3.05, 3.63) is 29.3 Å². The Morgan fingerprint density at radius 3 is 2.95 bits per heavy atom. The molecule has 0 amide bonds. The molecule has 1 aromatic heterocycles. The van der Waals surface area contributed by atoms with Crippen molar-refractivity contribution in [3.63, 3.8) is 0 Å². The summed E-state index contributed by atoms with van der Waals surface area (Å²) < 4.78 is 1.82. The van der Waals surface area contributed by atoms with Crippen LogP contribution in [0.25, 0.3) is 0 Å². The Morgan fingerprint density at radius 2 is 2.30 bits per heavy atom. The van der Waals surface area contributed by atoms with E-state index in [2.05, 4.69) is 21.6 Å². The lowest BCUT2D eigenvalue weighted by atomic mass is 10.1. The molecule has 20 heavy (non-hydrogen) atoms. The van der Waals surface area contributed by atoms with Crippen molar-refractivity contribution in [1.82, 2.24) is 20.2 Å². The minimum atomic E-state index is -0.601. The highest BCUT2D eigenvalue weighted by Gasteiger charge is 2.28. The molecule has 1 aliphatic rings. The number of benzene rings is 1. The van der Waals surface area contributed by atoms with Crippen LogP contribution in [0.3, 0.4) is 0 Å². The third-order valence-corrected chi connectivity index (χ3v) is 4.17. The largest absolute Gasteiger partial charge is 0.389 e. The van der Waals surface area contributed by atoms with E-state index in [1.54, 1.807) is 25.1 Å². The van der Waals surface area contributed by atoms with Crippen LogP contribution in [0.2, 0.25) is 0 Å². The Bertz CT molecular complexity index is 672. The normalized spacial score (nSPS) is 15.8. The van der Waals surface area contributed by atoms with Crippen LogP contribution in [0.5, 0.6) is 0 Å². The van der Waals surface area contributed by atoms with Crippen LogP contribution in [0.4, 0.5) is 0 Å². The van der Waals surface area contributed by atoms with Gasteiger partial charge in [0, 0.05) is 4.90 Å². The van der Waals surface area contributed by atoms with Crippen LogP contribution < -0.4 is 0 Å². The fourth-order valence-electron chi connectivity index (χ4n) is 1.94. The molecule has 1 atom stereocenters. The highest BCUT2D eigenvalue weighted by Crippen LogP contribution is 2.39. The van der Waals surface area contributed by atoms with E-state index in [9.17, 15) is 5.11 Å². The average Bonchev–Trinajstić information content (AvgIpc) is 3.19. The topological polar surface area (TPSA) is 87.6 Å². The molecule has 2 aromatic rings. The second kappa shape index (κ2) is 5.23. The maximum atomic E-state index is 9.83. The summed E-state index contributed by atoms with van der Waals surface area (Å²) in [6.07, 6.45) is 1.59. The molecular weight excluding hydrogens is 274 g/mol. The van der Waals surface area contributed by atoms with Crippen molar-refractivity contribution in [2.24, 2.45) is 0 Å². The summed E-state index contributed by atoms with van der Waals surface area (Å²) in [6.45, 7) is 1.70. The summed E-state index contributed by atoms with van der Waals surface area (Å²) >= 11 is 1.39. The van der Waals surface area contributed by atoms with Gasteiger partial charge in [0.15, 0.2) is 0 Å². The predicted molar refractivity (Wildman–Crippen MR) is 72.0 cm³/mol. The number of aromatic nitrogens is 4. The molecule has 3 rings (SSSR count). The molecule has 1 N–H and O–H groups in total. The maximum absolute atomic E-state index is 9.83. The maximum Gasteiger partial charge on any atom is 0.214 e. The molecular formula is C13H13N5OS. The summed E-state index contributed by atoms with van der Waals surface area (Å²) in [5.41, 5.74) is 1.33. The van der Waals surface area contributed by atoms with Gasteiger partial charge < -0.3 is 5.11 Å². The van der Waals surface area contributed by atoms with E-state index in [0.717, 1.165) is 23.3 Å². The Balaban J connectivity index is 1.96. The quantitative estimate of drug-likeness (QED) is 0.926. The van der Waals surface area contributed by atoms with Gasteiger partial charge in [-0.1, -0.05) is 6.07 Å². The Morgan fingerprint density at radius 1 is 1.50 bits per heavy atom. The van der Waals surface area contributed by atoms with Crippen LogP contribution in [-0.2, 0) is 0 Å². The minimum Gasteiger partial charge on any atom is -0.389 e. The van der Waals surface area contributed by atoms with E-state index in [1.165, 1.54) is 11.8 Å². The number of nitriles is 1. The Kier molecular flexibility index (Phi) is 3.42. The summed E-state index contributed by atoms with van der Waals surface area (Å²) in [5, 5.41) is 31.3. The second-order valence-corrected chi connectivity index (χ2v) is 5.79. The molecule has 7 heteroatoms. The van der Waals surface area contributed by atoms with Crippen molar-refractivity contribution in [2.45, 2.75) is 42.0 Å². The molecule has 0 bridgehead atoms. The highest BCUT2D eigenvalue weighted by atomic mass is 32.2. The smallest absolute Gasteiger partial charge is 0.214 e. The molecule has 0 aliphatic heterocycles. The second-order valence-electron chi connectivity index (χ2n) is 4.78. The van der Waals surface area contributed by atoms with Gasteiger partial charge in [-0.05, 0) is 59.7 Å². The first kappa shape index (κ1) is 13.1. The van der Waals surface area contributed by atoms with Crippen LogP contribution in [0, 0.1) is 11.3 Å². The molecule has 1 aromatic carbocycles. The van der Waals surface area contributed by atoms with Crippen molar-refractivity contribution in [1.29, 1.82) is 5.26 Å². The van der Waals surface area contributed by atoms with Gasteiger partial charge in [0.25, 0.3) is 0 Å². The molecule has 0 radical (unpaired) electrons. The number of hydrogen-bond acceptors (Lipinski definition) is 6. The number of aliphatic hydroxyl groups excluding tert-OH is 1. The lowest BCUT2D eigenvalue weighted by Gasteiger charge is -2.11. The van der Waals surface area contributed by atoms with Crippen molar-refractivity contribution in [2.75, 3.05) is 0 Å². The lowest BCUT2D eigenvalue weighted by molar-refractivity contribution is 0.196. The van der Waals surface area contributed by atoms with Crippen LogP contribution in [-0.4, -0.2) is 25.3 Å². The molecule has 0 saturated heterocycles. The first-order chi connectivity index (χ1) is 9.69. The third kappa shape index (κ3) is 2.53. The zero-order valence-electron chi connectivity index (χ0n) is 10.9. The third-order valence-electron chi connectivity index (χ3n) is 3.15. The van der Waals surface area contributed by atoms with Gasteiger partial charge in [0.05, 0.1) is 23.8 Å². The Labute approximate surface area is 120 Å². The molecule has 1 saturated carbocycles. The number of aliphatic hydroxyl groups is 1. The van der Waals surface area contributed by atoms with Crippen LogP contribution in [0.1, 0.15) is 43.0 Å². The van der Waals surface area contributed by atoms with Gasteiger partial charge in [-0.2, -0.15) is 5.26 Å². The van der Waals surface area contributed by atoms with E-state index in [0.29, 0.717) is 16.8 Å². The lowest BCUT2D eigenvalue weighted by Crippen LogP contribution is -2.00. The van der Waals surface area contributed by atoms with Crippen LogP contribution >= 0.6 is 11.8 Å². The van der Waals surface area contributed by atoms with Gasteiger partial charge in [0.2, 0.25) is 5.16 Å². The van der Waals surface area contributed by atoms with Gasteiger partial charge >= 0.3 is 0 Å². The first-order valence-corrected chi connectivity index (χ1v) is 7.18. The fourth-order valence-corrected chi connectivity index (χ4v) is 3.03. The molecule has 1 fully saturated rings. The molecule has 0 spiro atoms. The van der Waals surface area contributed by atoms with E-state index >= 15 is 0 Å². The molecule has 1 aliphatic carbocycles. The van der Waals surface area contributed by atoms with E-state index in [1.807, 2.05) is 4.68 Å². The van der Waals surface area contributed by atoms with Gasteiger partial charge in [-0.15, -0.1) is 5.10 Å². The predicted octanol–water partition coefficient (Wildman–Crippen LogP) is 2.08. The zero-order chi connectivity index (χ0) is 14.1. The standard InChI is InChI=1S/C13H13N5OS/c1-8(19)11-5-2-9(7-14)6-12(11)20-13-15-16-17-18(13)10-3-4-10/h2,5-6,8,10,19H,3-4H2,1H3. The summed E-state index contributed by atoms with van der Waals surface area (Å²) in [6, 6.07) is 7.74. The Hall–Kier alpha value is -1.91. The molecule has 1 unspecified atom stereocenters. The summed E-state index contributed by atoms with van der Waals surface area (Å²) in [4.78, 5) is 0.816.